The molecule has 0 radical (unpaired) electrons. The molecule has 0 spiro atoms. The number of aliphatic hydroxyl groups is 1. The normalized spacial score (nSPS) is 12.3. The maximum atomic E-state index is 9.88. The van der Waals surface area contributed by atoms with E-state index in [9.17, 15) is 5.11 Å². The van der Waals surface area contributed by atoms with Gasteiger partial charge in [-0.25, -0.2) is 0 Å². The summed E-state index contributed by atoms with van der Waals surface area (Å²) in [5, 5.41) is 17.4. The highest BCUT2D eigenvalue weighted by Crippen LogP contribution is 2.31. The summed E-state index contributed by atoms with van der Waals surface area (Å²) >= 11 is 3.44. The van der Waals surface area contributed by atoms with Crippen LogP contribution in [0.4, 0.5) is 0 Å². The van der Waals surface area contributed by atoms with Crippen LogP contribution in [0.3, 0.4) is 0 Å². The van der Waals surface area contributed by atoms with Gasteiger partial charge in [0, 0.05) is 22.1 Å². The first kappa shape index (κ1) is 16.9. The molecule has 0 saturated heterocycles. The number of halogens is 1. The quantitative estimate of drug-likeness (QED) is 0.665. The Labute approximate surface area is 149 Å². The van der Waals surface area contributed by atoms with Gasteiger partial charge in [-0.3, -0.25) is 0 Å². The van der Waals surface area contributed by atoms with Crippen LogP contribution in [-0.4, -0.2) is 16.9 Å². The highest BCUT2D eigenvalue weighted by Gasteiger charge is 2.23. The minimum Gasteiger partial charge on any atom is -0.394 e. The number of benzene rings is 2. The van der Waals surface area contributed by atoms with Crippen molar-refractivity contribution in [1.29, 1.82) is 0 Å². The molecule has 5 heteroatoms. The zero-order valence-electron chi connectivity index (χ0n) is 13.4. The van der Waals surface area contributed by atoms with Gasteiger partial charge in [0.1, 0.15) is 0 Å². The van der Waals surface area contributed by atoms with Gasteiger partial charge >= 0.3 is 0 Å². The summed E-state index contributed by atoms with van der Waals surface area (Å²) in [4.78, 5) is 0. The van der Waals surface area contributed by atoms with Gasteiger partial charge in [-0.2, -0.15) is 0 Å². The van der Waals surface area contributed by atoms with Crippen molar-refractivity contribution in [2.24, 2.45) is 0 Å². The molecule has 1 unspecified atom stereocenters. The topological polar surface area (TPSA) is 58.3 Å². The fourth-order valence-electron chi connectivity index (χ4n) is 2.69. The van der Waals surface area contributed by atoms with Crippen LogP contribution in [0.5, 0.6) is 0 Å². The van der Waals surface area contributed by atoms with Crippen molar-refractivity contribution < 1.29 is 9.63 Å². The highest BCUT2D eigenvalue weighted by molar-refractivity contribution is 9.10. The van der Waals surface area contributed by atoms with E-state index in [-0.39, 0.29) is 12.6 Å². The molecule has 124 valence electrons. The Hall–Kier alpha value is -1.95. The molecule has 2 N–H and O–H groups in total. The zero-order valence-corrected chi connectivity index (χ0v) is 15.0. The Morgan fingerprint density at radius 3 is 2.50 bits per heavy atom. The van der Waals surface area contributed by atoms with E-state index in [1.54, 1.807) is 0 Å². The lowest BCUT2D eigenvalue weighted by Gasteiger charge is -2.17. The van der Waals surface area contributed by atoms with E-state index >= 15 is 0 Å². The molecule has 1 heterocycles. The van der Waals surface area contributed by atoms with Gasteiger partial charge in [0.15, 0.2) is 5.76 Å². The SMILES string of the molecule is Cc1noc(-c2ccc(Br)cc2)c1C(CO)NCc1ccccc1. The van der Waals surface area contributed by atoms with Crippen LogP contribution in [0.2, 0.25) is 0 Å². The van der Waals surface area contributed by atoms with Crippen LogP contribution in [-0.2, 0) is 6.54 Å². The molecule has 24 heavy (non-hydrogen) atoms. The second kappa shape index (κ2) is 7.75. The fourth-order valence-corrected chi connectivity index (χ4v) is 2.96. The Bertz CT molecular complexity index is 785. The average molecular weight is 387 g/mol. The van der Waals surface area contributed by atoms with E-state index in [0.29, 0.717) is 12.3 Å². The highest BCUT2D eigenvalue weighted by atomic mass is 79.9. The maximum Gasteiger partial charge on any atom is 0.171 e. The number of hydrogen-bond acceptors (Lipinski definition) is 4. The van der Waals surface area contributed by atoms with Crippen molar-refractivity contribution in [2.75, 3.05) is 6.61 Å². The molecule has 1 atom stereocenters. The summed E-state index contributed by atoms with van der Waals surface area (Å²) in [5.41, 5.74) is 3.78. The lowest BCUT2D eigenvalue weighted by atomic mass is 10.0. The monoisotopic (exact) mass is 386 g/mol. The van der Waals surface area contributed by atoms with E-state index in [2.05, 4.69) is 38.5 Å². The Morgan fingerprint density at radius 2 is 1.83 bits per heavy atom. The second-order valence-electron chi connectivity index (χ2n) is 5.62. The second-order valence-corrected chi connectivity index (χ2v) is 6.54. The molecule has 3 rings (SSSR count). The standard InChI is InChI=1S/C19H19BrN2O2/c1-13-18(17(12-23)21-11-14-5-3-2-4-6-14)19(24-22-13)15-7-9-16(20)10-8-15/h2-10,17,21,23H,11-12H2,1H3. The number of nitrogens with one attached hydrogen (secondary N) is 1. The van der Waals surface area contributed by atoms with Gasteiger partial charge in [-0.15, -0.1) is 0 Å². The number of aliphatic hydroxyl groups excluding tert-OH is 1. The molecular formula is C19H19BrN2O2. The van der Waals surface area contributed by atoms with Gasteiger partial charge in [0.2, 0.25) is 0 Å². The lowest BCUT2D eigenvalue weighted by molar-refractivity contribution is 0.243. The summed E-state index contributed by atoms with van der Waals surface area (Å²) < 4.78 is 6.54. The number of nitrogens with zero attached hydrogens (tertiary/aromatic N) is 1. The molecule has 0 aliphatic rings. The van der Waals surface area contributed by atoms with E-state index in [1.807, 2.05) is 49.4 Å². The van der Waals surface area contributed by atoms with Crippen molar-refractivity contribution in [2.45, 2.75) is 19.5 Å². The van der Waals surface area contributed by atoms with Crippen molar-refractivity contribution in [3.8, 4) is 11.3 Å². The van der Waals surface area contributed by atoms with Gasteiger partial charge < -0.3 is 14.9 Å². The number of aryl methyl sites for hydroxylation is 1. The number of aromatic nitrogens is 1. The average Bonchev–Trinajstić information content (AvgIpc) is 2.99. The van der Waals surface area contributed by atoms with Gasteiger partial charge in [-0.1, -0.05) is 63.6 Å². The van der Waals surface area contributed by atoms with E-state index < -0.39 is 0 Å². The Kier molecular flexibility index (Phi) is 5.45. The smallest absolute Gasteiger partial charge is 0.171 e. The van der Waals surface area contributed by atoms with Crippen molar-refractivity contribution in [3.63, 3.8) is 0 Å². The predicted octanol–water partition coefficient (Wildman–Crippen LogP) is 4.24. The van der Waals surface area contributed by atoms with Crippen LogP contribution in [0, 0.1) is 6.92 Å². The third-order valence-electron chi connectivity index (χ3n) is 3.94. The van der Waals surface area contributed by atoms with Gasteiger partial charge in [-0.05, 0) is 24.6 Å². The molecule has 0 bridgehead atoms. The molecule has 2 aromatic carbocycles. The van der Waals surface area contributed by atoms with Gasteiger partial charge in [0.05, 0.1) is 18.3 Å². The van der Waals surface area contributed by atoms with Crippen LogP contribution in [0.1, 0.15) is 22.9 Å². The summed E-state index contributed by atoms with van der Waals surface area (Å²) in [6.07, 6.45) is 0. The first-order chi connectivity index (χ1) is 11.7. The number of rotatable bonds is 6. The predicted molar refractivity (Wildman–Crippen MR) is 97.5 cm³/mol. The molecule has 4 nitrogen and oxygen atoms in total. The fraction of sp³-hybridized carbons (Fsp3) is 0.211. The van der Waals surface area contributed by atoms with Crippen molar-refractivity contribution in [1.82, 2.24) is 10.5 Å². The molecule has 0 aliphatic heterocycles. The van der Waals surface area contributed by atoms with Crippen molar-refractivity contribution in [3.05, 3.63) is 75.9 Å². The Morgan fingerprint density at radius 1 is 1.12 bits per heavy atom. The minimum atomic E-state index is -0.241. The Balaban J connectivity index is 1.86. The summed E-state index contributed by atoms with van der Waals surface area (Å²) in [6.45, 7) is 2.53. The molecule has 0 aliphatic carbocycles. The van der Waals surface area contributed by atoms with Crippen LogP contribution >= 0.6 is 15.9 Å². The van der Waals surface area contributed by atoms with Crippen molar-refractivity contribution >= 4 is 15.9 Å². The van der Waals surface area contributed by atoms with Gasteiger partial charge in [0.25, 0.3) is 0 Å². The molecule has 0 fully saturated rings. The lowest BCUT2D eigenvalue weighted by Crippen LogP contribution is -2.24. The zero-order chi connectivity index (χ0) is 16.9. The number of hydrogen-bond donors (Lipinski definition) is 2. The molecular weight excluding hydrogens is 368 g/mol. The molecule has 0 saturated carbocycles. The third kappa shape index (κ3) is 3.75. The van der Waals surface area contributed by atoms with E-state index in [0.717, 1.165) is 26.9 Å². The van der Waals surface area contributed by atoms with Crippen LogP contribution < -0.4 is 5.32 Å². The van der Waals surface area contributed by atoms with Crippen LogP contribution in [0.15, 0.2) is 63.6 Å². The summed E-state index contributed by atoms with van der Waals surface area (Å²) in [6, 6.07) is 17.7. The molecule has 3 aromatic rings. The molecule has 1 aromatic heterocycles. The first-order valence-corrected chi connectivity index (χ1v) is 8.58. The molecule has 0 amide bonds. The maximum absolute atomic E-state index is 9.88. The first-order valence-electron chi connectivity index (χ1n) is 7.79. The minimum absolute atomic E-state index is 0.0294. The third-order valence-corrected chi connectivity index (χ3v) is 4.47. The largest absolute Gasteiger partial charge is 0.394 e. The van der Waals surface area contributed by atoms with E-state index in [4.69, 9.17) is 4.52 Å². The summed E-state index contributed by atoms with van der Waals surface area (Å²) in [7, 11) is 0. The van der Waals surface area contributed by atoms with E-state index in [1.165, 1.54) is 0 Å². The van der Waals surface area contributed by atoms with Crippen LogP contribution in [0.25, 0.3) is 11.3 Å². The summed E-state index contributed by atoms with van der Waals surface area (Å²) in [5.74, 6) is 0.694.